The molecule has 0 saturated heterocycles. The molecule has 3 heteroatoms. The Balaban J connectivity index is 3.08. The van der Waals surface area contributed by atoms with Gasteiger partial charge in [-0.2, -0.15) is 0 Å². The molecule has 0 spiro atoms. The highest BCUT2D eigenvalue weighted by molar-refractivity contribution is 5.48. The third-order valence-electron chi connectivity index (χ3n) is 1.33. The van der Waals surface area contributed by atoms with Crippen molar-refractivity contribution >= 4 is 5.69 Å². The quantitative estimate of drug-likeness (QED) is 0.440. The minimum Gasteiger partial charge on any atom is -0.396 e. The van der Waals surface area contributed by atoms with Gasteiger partial charge >= 0.3 is 0 Å². The maximum atomic E-state index is 13.0. The molecule has 1 aromatic rings. The van der Waals surface area contributed by atoms with E-state index >= 15 is 0 Å². The number of halogens is 1. The second-order valence-electron chi connectivity index (χ2n) is 2.17. The van der Waals surface area contributed by atoms with Crippen LogP contribution in [-0.2, 0) is 0 Å². The predicted octanol–water partition coefficient (Wildman–Crippen LogP) is 0.752. The number of benzene rings is 1. The molecule has 0 aliphatic rings. The maximum Gasteiger partial charge on any atom is 0.161 e. The number of rotatable bonds is 0. The summed E-state index contributed by atoms with van der Waals surface area (Å²) in [6.07, 6.45) is 0. The van der Waals surface area contributed by atoms with Crippen LogP contribution in [0.25, 0.3) is 0 Å². The van der Waals surface area contributed by atoms with Crippen LogP contribution in [0.5, 0.6) is 0 Å². The van der Waals surface area contributed by atoms with Crippen LogP contribution in [0.1, 0.15) is 5.56 Å². The lowest BCUT2D eigenvalue weighted by molar-refractivity contribution is 0.350. The topological polar surface area (TPSA) is 46.2 Å². The summed E-state index contributed by atoms with van der Waals surface area (Å²) < 4.78 is 13.0. The Morgan fingerprint density at radius 1 is 1.50 bits per heavy atom. The molecule has 1 rings (SSSR count). The Morgan fingerprint density at radius 2 is 2.25 bits per heavy atom. The SMILES string of the molecule is Nc1cccc(C#CCO)c1F. The van der Waals surface area contributed by atoms with E-state index in [1.165, 1.54) is 12.1 Å². The molecule has 0 amide bonds. The van der Waals surface area contributed by atoms with Crippen molar-refractivity contribution in [3.8, 4) is 11.8 Å². The van der Waals surface area contributed by atoms with Gasteiger partial charge in [0.15, 0.2) is 5.82 Å². The fraction of sp³-hybridized carbons (Fsp3) is 0.111. The lowest BCUT2D eigenvalue weighted by Gasteiger charge is -1.96. The Kier molecular flexibility index (Phi) is 2.67. The van der Waals surface area contributed by atoms with Gasteiger partial charge in [-0.25, -0.2) is 4.39 Å². The minimum atomic E-state index is -0.529. The second kappa shape index (κ2) is 3.74. The fourth-order valence-corrected chi connectivity index (χ4v) is 0.781. The van der Waals surface area contributed by atoms with Crippen molar-refractivity contribution in [1.29, 1.82) is 0 Å². The maximum absolute atomic E-state index is 13.0. The average molecular weight is 165 g/mol. The van der Waals surface area contributed by atoms with Crippen LogP contribution in [0.4, 0.5) is 10.1 Å². The van der Waals surface area contributed by atoms with Gasteiger partial charge in [0.05, 0.1) is 11.3 Å². The van der Waals surface area contributed by atoms with Crippen LogP contribution in [0.15, 0.2) is 18.2 Å². The van der Waals surface area contributed by atoms with Gasteiger partial charge < -0.3 is 10.8 Å². The van der Waals surface area contributed by atoms with E-state index in [2.05, 4.69) is 11.8 Å². The molecule has 0 unspecified atom stereocenters. The first-order valence-corrected chi connectivity index (χ1v) is 3.39. The molecule has 0 atom stereocenters. The van der Waals surface area contributed by atoms with Crippen LogP contribution in [0.2, 0.25) is 0 Å². The molecule has 0 fully saturated rings. The normalized spacial score (nSPS) is 8.83. The highest BCUT2D eigenvalue weighted by Gasteiger charge is 2.00. The number of hydrogen-bond acceptors (Lipinski definition) is 2. The zero-order chi connectivity index (χ0) is 8.97. The molecule has 0 heterocycles. The highest BCUT2D eigenvalue weighted by atomic mass is 19.1. The summed E-state index contributed by atoms with van der Waals surface area (Å²) in [6.45, 7) is -0.283. The van der Waals surface area contributed by atoms with Crippen LogP contribution in [-0.4, -0.2) is 11.7 Å². The van der Waals surface area contributed by atoms with Gasteiger partial charge in [-0.05, 0) is 12.1 Å². The largest absolute Gasteiger partial charge is 0.396 e. The van der Waals surface area contributed by atoms with Gasteiger partial charge in [-0.3, -0.25) is 0 Å². The summed E-state index contributed by atoms with van der Waals surface area (Å²) in [6, 6.07) is 4.58. The highest BCUT2D eigenvalue weighted by Crippen LogP contribution is 2.12. The molecule has 0 aromatic heterocycles. The second-order valence-corrected chi connectivity index (χ2v) is 2.17. The van der Waals surface area contributed by atoms with Crippen LogP contribution < -0.4 is 5.73 Å². The molecule has 2 nitrogen and oxygen atoms in total. The summed E-state index contributed by atoms with van der Waals surface area (Å²) in [7, 11) is 0. The third kappa shape index (κ3) is 1.74. The van der Waals surface area contributed by atoms with Crippen molar-refractivity contribution in [2.45, 2.75) is 0 Å². The molecule has 3 N–H and O–H groups in total. The first-order valence-electron chi connectivity index (χ1n) is 3.39. The molecule has 12 heavy (non-hydrogen) atoms. The Bertz CT molecular complexity index is 338. The molecule has 0 aliphatic heterocycles. The predicted molar refractivity (Wildman–Crippen MR) is 44.8 cm³/mol. The molecule has 0 radical (unpaired) electrons. The van der Waals surface area contributed by atoms with E-state index < -0.39 is 5.82 Å². The van der Waals surface area contributed by atoms with E-state index in [9.17, 15) is 4.39 Å². The van der Waals surface area contributed by atoms with E-state index in [-0.39, 0.29) is 17.9 Å². The first kappa shape index (κ1) is 8.57. The van der Waals surface area contributed by atoms with Crippen LogP contribution in [0.3, 0.4) is 0 Å². The summed E-state index contributed by atoms with van der Waals surface area (Å²) in [4.78, 5) is 0. The number of nitrogen functional groups attached to an aromatic ring is 1. The zero-order valence-electron chi connectivity index (χ0n) is 6.34. The van der Waals surface area contributed by atoms with Gasteiger partial charge in [0.2, 0.25) is 0 Å². The van der Waals surface area contributed by atoms with Crippen molar-refractivity contribution in [1.82, 2.24) is 0 Å². The van der Waals surface area contributed by atoms with E-state index in [0.29, 0.717) is 0 Å². The standard InChI is InChI=1S/C9H8FNO/c10-9-7(4-2-6-12)3-1-5-8(9)11/h1,3,5,12H,6,11H2. The smallest absolute Gasteiger partial charge is 0.161 e. The van der Waals surface area contributed by atoms with Crippen LogP contribution in [0, 0.1) is 17.7 Å². The van der Waals surface area contributed by atoms with Crippen LogP contribution >= 0.6 is 0 Å². The van der Waals surface area contributed by atoms with E-state index in [0.717, 1.165) is 0 Å². The number of hydrogen-bond donors (Lipinski definition) is 2. The number of aliphatic hydroxyl groups is 1. The lowest BCUT2D eigenvalue weighted by Crippen LogP contribution is -1.92. The number of nitrogens with two attached hydrogens (primary N) is 1. The first-order chi connectivity index (χ1) is 5.75. The molecule has 1 aromatic carbocycles. The minimum absolute atomic E-state index is 0.0692. The summed E-state index contributed by atoms with van der Waals surface area (Å²) in [5.74, 6) is 4.26. The van der Waals surface area contributed by atoms with E-state index in [4.69, 9.17) is 10.8 Å². The van der Waals surface area contributed by atoms with Gasteiger partial charge in [0, 0.05) is 0 Å². The Morgan fingerprint density at radius 3 is 2.92 bits per heavy atom. The van der Waals surface area contributed by atoms with Crippen molar-refractivity contribution in [2.75, 3.05) is 12.3 Å². The molecule has 0 aliphatic carbocycles. The Labute approximate surface area is 69.8 Å². The van der Waals surface area contributed by atoms with Gasteiger partial charge in [0.1, 0.15) is 6.61 Å². The van der Waals surface area contributed by atoms with Gasteiger partial charge in [-0.1, -0.05) is 17.9 Å². The van der Waals surface area contributed by atoms with Gasteiger partial charge in [-0.15, -0.1) is 0 Å². The molecule has 62 valence electrons. The third-order valence-corrected chi connectivity index (χ3v) is 1.33. The van der Waals surface area contributed by atoms with Crippen molar-refractivity contribution in [3.63, 3.8) is 0 Å². The monoisotopic (exact) mass is 165 g/mol. The fourth-order valence-electron chi connectivity index (χ4n) is 0.781. The molecule has 0 saturated carbocycles. The average Bonchev–Trinajstić information content (AvgIpc) is 2.08. The molecular formula is C9H8FNO. The summed E-state index contributed by atoms with van der Waals surface area (Å²) in [5.41, 5.74) is 5.57. The summed E-state index contributed by atoms with van der Waals surface area (Å²) in [5, 5.41) is 8.36. The van der Waals surface area contributed by atoms with Crippen molar-refractivity contribution in [2.24, 2.45) is 0 Å². The van der Waals surface area contributed by atoms with E-state index in [1.807, 2.05) is 0 Å². The zero-order valence-corrected chi connectivity index (χ0v) is 6.34. The molecular weight excluding hydrogens is 157 g/mol. The number of aliphatic hydroxyl groups excluding tert-OH is 1. The summed E-state index contributed by atoms with van der Waals surface area (Å²) >= 11 is 0. The van der Waals surface area contributed by atoms with Gasteiger partial charge in [0.25, 0.3) is 0 Å². The molecule has 0 bridgehead atoms. The van der Waals surface area contributed by atoms with E-state index in [1.54, 1.807) is 6.07 Å². The van der Waals surface area contributed by atoms with Crippen molar-refractivity contribution < 1.29 is 9.50 Å². The lowest BCUT2D eigenvalue weighted by atomic mass is 10.2. The Hall–Kier alpha value is -1.53. The number of anilines is 1. The van der Waals surface area contributed by atoms with Crippen molar-refractivity contribution in [3.05, 3.63) is 29.6 Å².